The molecule has 12 nitrogen and oxygen atoms in total. The van der Waals surface area contributed by atoms with Gasteiger partial charge in [0, 0.05) is 55.7 Å². The number of nitrogens with zero attached hydrogens (tertiary/aromatic N) is 4. The maximum atomic E-state index is 12.6. The van der Waals surface area contributed by atoms with E-state index in [0.717, 1.165) is 31.5 Å². The molecule has 0 aliphatic rings. The van der Waals surface area contributed by atoms with Crippen molar-refractivity contribution in [2.75, 3.05) is 68.6 Å². The zero-order valence-corrected chi connectivity index (χ0v) is 22.5. The van der Waals surface area contributed by atoms with Crippen LogP contribution in [0.1, 0.15) is 35.8 Å². The van der Waals surface area contributed by atoms with Gasteiger partial charge in [0.15, 0.2) is 0 Å². The van der Waals surface area contributed by atoms with Crippen molar-refractivity contribution in [3.05, 3.63) is 59.9 Å². The molecule has 0 saturated carbocycles. The van der Waals surface area contributed by atoms with Crippen LogP contribution in [-0.2, 0) is 15.9 Å². The number of benzene rings is 1. The predicted molar refractivity (Wildman–Crippen MR) is 152 cm³/mol. The first-order valence-corrected chi connectivity index (χ1v) is 13.3. The van der Waals surface area contributed by atoms with E-state index < -0.39 is 0 Å². The molecule has 3 rings (SSSR count). The van der Waals surface area contributed by atoms with Crippen molar-refractivity contribution < 1.29 is 14.3 Å². The van der Waals surface area contributed by atoms with E-state index in [1.165, 1.54) is 0 Å². The molecule has 0 aliphatic heterocycles. The first-order valence-electron chi connectivity index (χ1n) is 13.3. The third-order valence-electron chi connectivity index (χ3n) is 5.39. The molecule has 12 heteroatoms. The number of rotatable bonds is 19. The number of carbonyl (C=O) groups is 1. The maximum absolute atomic E-state index is 12.6. The molecule has 0 atom stereocenters. The molecule has 210 valence electrons. The molecular weight excluding hydrogens is 498 g/mol. The summed E-state index contributed by atoms with van der Waals surface area (Å²) < 4.78 is 10.7. The Morgan fingerprint density at radius 3 is 2.38 bits per heavy atom. The van der Waals surface area contributed by atoms with Gasteiger partial charge in [0.1, 0.15) is 0 Å². The van der Waals surface area contributed by atoms with Gasteiger partial charge in [0.05, 0.1) is 26.4 Å². The summed E-state index contributed by atoms with van der Waals surface area (Å²) >= 11 is 0. The number of ether oxygens (including phenoxy) is 2. The first-order chi connectivity index (χ1) is 19.2. The molecule has 0 bridgehead atoms. The standard InChI is InChI=1S/C27H39N9O3/c1-2-3-12-31-25-34-26(32-14-10-22-8-4-5-13-29-22)36-27(35-25)33-23-9-6-7-21(20-23)24(37)30-15-17-39-19-18-38-16-11-28/h4-9,13,20H,2-3,10-12,14-19,28H2,1H3,(H,30,37)(H3,31,32,33,34,35,36). The lowest BCUT2D eigenvalue weighted by Crippen LogP contribution is -2.27. The van der Waals surface area contributed by atoms with Crippen LogP contribution in [0.3, 0.4) is 0 Å². The van der Waals surface area contributed by atoms with Crippen molar-refractivity contribution in [3.8, 4) is 0 Å². The Labute approximate surface area is 229 Å². The largest absolute Gasteiger partial charge is 0.378 e. The normalized spacial score (nSPS) is 10.7. The van der Waals surface area contributed by atoms with Gasteiger partial charge in [-0.15, -0.1) is 0 Å². The van der Waals surface area contributed by atoms with Crippen molar-refractivity contribution in [1.82, 2.24) is 25.3 Å². The summed E-state index contributed by atoms with van der Waals surface area (Å²) in [6, 6.07) is 13.0. The number of nitrogens with one attached hydrogen (secondary N) is 4. The summed E-state index contributed by atoms with van der Waals surface area (Å²) in [5.74, 6) is 1.09. The van der Waals surface area contributed by atoms with E-state index in [1.54, 1.807) is 24.4 Å². The third-order valence-corrected chi connectivity index (χ3v) is 5.39. The minimum absolute atomic E-state index is 0.198. The van der Waals surface area contributed by atoms with Gasteiger partial charge in [-0.25, -0.2) is 0 Å². The number of aromatic nitrogens is 4. The van der Waals surface area contributed by atoms with E-state index in [2.05, 4.69) is 48.1 Å². The van der Waals surface area contributed by atoms with Crippen LogP contribution >= 0.6 is 0 Å². The number of carbonyl (C=O) groups excluding carboxylic acids is 1. The number of nitrogens with two attached hydrogens (primary N) is 1. The lowest BCUT2D eigenvalue weighted by molar-refractivity contribution is 0.0511. The summed E-state index contributed by atoms with van der Waals surface area (Å²) in [7, 11) is 0. The van der Waals surface area contributed by atoms with Crippen LogP contribution in [0.4, 0.5) is 23.5 Å². The fourth-order valence-corrected chi connectivity index (χ4v) is 3.43. The van der Waals surface area contributed by atoms with E-state index in [-0.39, 0.29) is 5.91 Å². The number of hydrogen-bond acceptors (Lipinski definition) is 11. The Morgan fingerprint density at radius 2 is 1.64 bits per heavy atom. The molecule has 39 heavy (non-hydrogen) atoms. The average molecular weight is 538 g/mol. The summed E-state index contributed by atoms with van der Waals surface area (Å²) in [6.07, 6.45) is 4.57. The smallest absolute Gasteiger partial charge is 0.251 e. The highest BCUT2D eigenvalue weighted by molar-refractivity contribution is 5.95. The summed E-state index contributed by atoms with van der Waals surface area (Å²) in [5, 5.41) is 12.6. The summed E-state index contributed by atoms with van der Waals surface area (Å²) in [6.45, 7) is 6.22. The Bertz CT molecular complexity index is 1120. The lowest BCUT2D eigenvalue weighted by Gasteiger charge is -2.12. The lowest BCUT2D eigenvalue weighted by atomic mass is 10.2. The van der Waals surface area contributed by atoms with Crippen LogP contribution in [0, 0.1) is 0 Å². The zero-order chi connectivity index (χ0) is 27.5. The Hall–Kier alpha value is -3.87. The van der Waals surface area contributed by atoms with Gasteiger partial charge in [-0.2, -0.15) is 15.0 Å². The quantitative estimate of drug-likeness (QED) is 0.143. The van der Waals surface area contributed by atoms with Crippen molar-refractivity contribution in [1.29, 1.82) is 0 Å². The van der Waals surface area contributed by atoms with Crippen molar-refractivity contribution in [2.24, 2.45) is 5.73 Å². The molecule has 6 N–H and O–H groups in total. The van der Waals surface area contributed by atoms with Crippen molar-refractivity contribution in [3.63, 3.8) is 0 Å². The topological polar surface area (TPSA) is 161 Å². The molecule has 1 aromatic carbocycles. The minimum Gasteiger partial charge on any atom is -0.378 e. The van der Waals surface area contributed by atoms with Crippen LogP contribution in [0.5, 0.6) is 0 Å². The summed E-state index contributed by atoms with van der Waals surface area (Å²) in [5.41, 5.74) is 7.54. The third kappa shape index (κ3) is 11.6. The SMILES string of the molecule is CCCCNc1nc(NCCc2ccccn2)nc(Nc2cccc(C(=O)NCCOCCOCCN)c2)n1. The van der Waals surface area contributed by atoms with Gasteiger partial charge in [-0.1, -0.05) is 25.5 Å². The van der Waals surface area contributed by atoms with Gasteiger partial charge in [-0.3, -0.25) is 9.78 Å². The number of unbranched alkanes of at least 4 members (excludes halogenated alkanes) is 1. The second kappa shape index (κ2) is 17.6. The van der Waals surface area contributed by atoms with Gasteiger partial charge in [0.2, 0.25) is 17.8 Å². The fraction of sp³-hybridized carbons (Fsp3) is 0.444. The first kappa shape index (κ1) is 29.7. The molecule has 0 spiro atoms. The van der Waals surface area contributed by atoms with Gasteiger partial charge in [0.25, 0.3) is 5.91 Å². The molecular formula is C27H39N9O3. The van der Waals surface area contributed by atoms with E-state index in [1.807, 2.05) is 24.3 Å². The average Bonchev–Trinajstić information content (AvgIpc) is 2.95. The number of anilines is 4. The van der Waals surface area contributed by atoms with Crippen LogP contribution in [-0.4, -0.2) is 78.4 Å². The molecule has 0 fully saturated rings. The van der Waals surface area contributed by atoms with Gasteiger partial charge in [-0.05, 0) is 36.8 Å². The Balaban J connectivity index is 1.57. The van der Waals surface area contributed by atoms with E-state index in [0.29, 0.717) is 75.2 Å². The molecule has 0 saturated heterocycles. The highest BCUT2D eigenvalue weighted by Crippen LogP contribution is 2.17. The van der Waals surface area contributed by atoms with Crippen LogP contribution < -0.4 is 27.0 Å². The van der Waals surface area contributed by atoms with Crippen molar-refractivity contribution in [2.45, 2.75) is 26.2 Å². The molecule has 0 radical (unpaired) electrons. The minimum atomic E-state index is -0.198. The van der Waals surface area contributed by atoms with E-state index in [9.17, 15) is 4.79 Å². The Morgan fingerprint density at radius 1 is 0.872 bits per heavy atom. The highest BCUT2D eigenvalue weighted by Gasteiger charge is 2.10. The van der Waals surface area contributed by atoms with E-state index >= 15 is 0 Å². The molecule has 3 aromatic rings. The molecule has 0 aliphatic carbocycles. The molecule has 2 heterocycles. The molecule has 0 unspecified atom stereocenters. The molecule has 2 aromatic heterocycles. The second-order valence-electron chi connectivity index (χ2n) is 8.56. The zero-order valence-electron chi connectivity index (χ0n) is 22.5. The Kier molecular flexibility index (Phi) is 13.4. The van der Waals surface area contributed by atoms with Crippen LogP contribution in [0.2, 0.25) is 0 Å². The predicted octanol–water partition coefficient (Wildman–Crippen LogP) is 2.60. The van der Waals surface area contributed by atoms with Gasteiger partial charge >= 0.3 is 0 Å². The maximum Gasteiger partial charge on any atom is 0.251 e. The highest BCUT2D eigenvalue weighted by atomic mass is 16.5. The van der Waals surface area contributed by atoms with Crippen LogP contribution in [0.15, 0.2) is 48.7 Å². The number of pyridine rings is 1. The number of hydrogen-bond donors (Lipinski definition) is 5. The molecule has 1 amide bonds. The second-order valence-corrected chi connectivity index (χ2v) is 8.56. The summed E-state index contributed by atoms with van der Waals surface area (Å²) in [4.78, 5) is 30.5. The fourth-order valence-electron chi connectivity index (χ4n) is 3.43. The van der Waals surface area contributed by atoms with Crippen molar-refractivity contribution >= 4 is 29.4 Å². The number of amides is 1. The monoisotopic (exact) mass is 537 g/mol. The van der Waals surface area contributed by atoms with E-state index in [4.69, 9.17) is 15.2 Å². The van der Waals surface area contributed by atoms with Gasteiger partial charge < -0.3 is 36.5 Å². The van der Waals surface area contributed by atoms with Crippen LogP contribution in [0.25, 0.3) is 0 Å².